The fraction of sp³-hybridized carbons (Fsp3) is 0.750. The Labute approximate surface area is 119 Å². The number of likely N-dealkylation sites (tertiary alicyclic amines) is 1. The number of nitrogen functional groups attached to an aromatic ring is 1. The molecule has 1 unspecified atom stereocenters. The molecule has 1 saturated heterocycles. The summed E-state index contributed by atoms with van der Waals surface area (Å²) >= 11 is 0. The van der Waals surface area contributed by atoms with Crippen LogP contribution >= 0.6 is 0 Å². The van der Waals surface area contributed by atoms with Crippen LogP contribution in [-0.4, -0.2) is 59.7 Å². The molecular weight excluding hydrogens is 258 g/mol. The molecule has 1 aliphatic rings. The summed E-state index contributed by atoms with van der Waals surface area (Å²) in [5.41, 5.74) is 2.44. The first kappa shape index (κ1) is 14.7. The maximum atomic E-state index is 5.38. The van der Waals surface area contributed by atoms with Crippen LogP contribution in [0, 0.1) is 0 Å². The van der Waals surface area contributed by atoms with Crippen LogP contribution in [0.15, 0.2) is 0 Å². The highest BCUT2D eigenvalue weighted by atomic mass is 16.5. The number of hydrogen-bond donors (Lipinski definition) is 2. The molecular formula is C12H23N7O. The van der Waals surface area contributed by atoms with E-state index in [2.05, 4.69) is 32.3 Å². The van der Waals surface area contributed by atoms with E-state index < -0.39 is 0 Å². The molecule has 2 heterocycles. The zero-order valence-electron chi connectivity index (χ0n) is 12.3. The normalized spacial score (nSPS) is 19.1. The largest absolute Gasteiger partial charge is 0.464 e. The second-order valence-electron chi connectivity index (χ2n) is 4.98. The molecule has 1 aromatic heterocycles. The Bertz CT molecular complexity index is 442. The first-order valence-electron chi connectivity index (χ1n) is 6.91. The Hall–Kier alpha value is -1.67. The van der Waals surface area contributed by atoms with Crippen molar-refractivity contribution < 1.29 is 4.74 Å². The van der Waals surface area contributed by atoms with E-state index in [1.54, 1.807) is 0 Å². The van der Waals surface area contributed by atoms with Gasteiger partial charge in [-0.1, -0.05) is 0 Å². The first-order valence-corrected chi connectivity index (χ1v) is 6.91. The second-order valence-corrected chi connectivity index (χ2v) is 4.98. The molecule has 3 N–H and O–H groups in total. The molecule has 112 valence electrons. The Morgan fingerprint density at radius 2 is 2.25 bits per heavy atom. The van der Waals surface area contributed by atoms with Crippen molar-refractivity contribution in [1.82, 2.24) is 19.9 Å². The number of nitrogens with zero attached hydrogens (tertiary/aromatic N) is 5. The van der Waals surface area contributed by atoms with E-state index in [-0.39, 0.29) is 6.01 Å². The van der Waals surface area contributed by atoms with Gasteiger partial charge in [0.2, 0.25) is 11.9 Å². The lowest BCUT2D eigenvalue weighted by atomic mass is 10.2. The lowest BCUT2D eigenvalue weighted by Crippen LogP contribution is -2.37. The van der Waals surface area contributed by atoms with Crippen LogP contribution in [0.25, 0.3) is 0 Å². The van der Waals surface area contributed by atoms with Gasteiger partial charge in [-0.2, -0.15) is 15.0 Å². The highest BCUT2D eigenvalue weighted by Crippen LogP contribution is 2.19. The lowest BCUT2D eigenvalue weighted by Gasteiger charge is -2.26. The average molecular weight is 281 g/mol. The Morgan fingerprint density at radius 1 is 1.45 bits per heavy atom. The third-order valence-electron chi connectivity index (χ3n) is 3.50. The molecule has 1 fully saturated rings. The van der Waals surface area contributed by atoms with Gasteiger partial charge in [-0.25, -0.2) is 5.84 Å². The second kappa shape index (κ2) is 6.67. The van der Waals surface area contributed by atoms with Crippen molar-refractivity contribution in [3.8, 4) is 6.01 Å². The molecule has 1 aromatic rings. The van der Waals surface area contributed by atoms with Crippen LogP contribution in [0.2, 0.25) is 0 Å². The molecule has 8 nitrogen and oxygen atoms in total. The number of nitrogens with one attached hydrogen (secondary N) is 1. The van der Waals surface area contributed by atoms with Gasteiger partial charge in [-0.15, -0.1) is 0 Å². The summed E-state index contributed by atoms with van der Waals surface area (Å²) in [5, 5.41) is 0. The number of anilines is 2. The zero-order chi connectivity index (χ0) is 14.5. The SMILES string of the molecule is CCOc1nc(NN)nc(N(C)CC2CCCN2C)n1. The van der Waals surface area contributed by atoms with E-state index in [4.69, 9.17) is 10.6 Å². The van der Waals surface area contributed by atoms with Crippen molar-refractivity contribution in [2.45, 2.75) is 25.8 Å². The Kier molecular flexibility index (Phi) is 4.91. The van der Waals surface area contributed by atoms with Gasteiger partial charge >= 0.3 is 6.01 Å². The van der Waals surface area contributed by atoms with E-state index in [9.17, 15) is 0 Å². The van der Waals surface area contributed by atoms with Crippen molar-refractivity contribution >= 4 is 11.9 Å². The summed E-state index contributed by atoms with van der Waals surface area (Å²) in [6.07, 6.45) is 2.44. The van der Waals surface area contributed by atoms with Gasteiger partial charge in [0.1, 0.15) is 0 Å². The maximum Gasteiger partial charge on any atom is 0.323 e. The summed E-state index contributed by atoms with van der Waals surface area (Å²) in [6.45, 7) is 4.41. The molecule has 1 aliphatic heterocycles. The van der Waals surface area contributed by atoms with E-state index in [0.717, 1.165) is 13.1 Å². The monoisotopic (exact) mass is 281 g/mol. The van der Waals surface area contributed by atoms with Crippen LogP contribution in [0.4, 0.5) is 11.9 Å². The predicted octanol–water partition coefficient (Wildman–Crippen LogP) is 0.0863. The number of ether oxygens (including phenoxy) is 1. The van der Waals surface area contributed by atoms with Crippen molar-refractivity contribution in [2.24, 2.45) is 5.84 Å². The van der Waals surface area contributed by atoms with Crippen molar-refractivity contribution in [3.63, 3.8) is 0 Å². The highest BCUT2D eigenvalue weighted by molar-refractivity contribution is 5.37. The summed E-state index contributed by atoms with van der Waals surface area (Å²) in [5.74, 6) is 6.26. The molecule has 20 heavy (non-hydrogen) atoms. The standard InChI is InChI=1S/C12H23N7O/c1-4-20-12-15-10(17-13)14-11(16-12)19(3)8-9-6-5-7-18(9)2/h9H,4-8,13H2,1-3H3,(H,14,15,16,17). The van der Waals surface area contributed by atoms with Gasteiger partial charge in [0.05, 0.1) is 6.61 Å². The molecule has 0 saturated carbocycles. The summed E-state index contributed by atoms with van der Waals surface area (Å²) < 4.78 is 5.34. The Balaban J connectivity index is 2.11. The van der Waals surface area contributed by atoms with E-state index >= 15 is 0 Å². The fourth-order valence-electron chi connectivity index (χ4n) is 2.38. The van der Waals surface area contributed by atoms with Crippen molar-refractivity contribution in [1.29, 1.82) is 0 Å². The van der Waals surface area contributed by atoms with Gasteiger partial charge < -0.3 is 14.5 Å². The van der Waals surface area contributed by atoms with Crippen LogP contribution in [-0.2, 0) is 0 Å². The fourth-order valence-corrected chi connectivity index (χ4v) is 2.38. The minimum atomic E-state index is 0.289. The quantitative estimate of drug-likeness (QED) is 0.560. The molecule has 0 bridgehead atoms. The molecule has 2 rings (SSSR count). The van der Waals surface area contributed by atoms with Gasteiger partial charge in [0.15, 0.2) is 0 Å². The smallest absolute Gasteiger partial charge is 0.323 e. The lowest BCUT2D eigenvalue weighted by molar-refractivity contribution is 0.307. The van der Waals surface area contributed by atoms with Crippen LogP contribution in [0.5, 0.6) is 6.01 Å². The molecule has 0 aromatic carbocycles. The van der Waals surface area contributed by atoms with E-state index in [0.29, 0.717) is 24.5 Å². The van der Waals surface area contributed by atoms with Gasteiger partial charge in [-0.3, -0.25) is 5.43 Å². The number of hydrogen-bond acceptors (Lipinski definition) is 8. The minimum absolute atomic E-state index is 0.289. The molecule has 0 amide bonds. The number of likely N-dealkylation sites (N-methyl/N-ethyl adjacent to an activating group) is 2. The molecule has 0 spiro atoms. The summed E-state index contributed by atoms with van der Waals surface area (Å²) in [4.78, 5) is 17.0. The van der Waals surface area contributed by atoms with Crippen molar-refractivity contribution in [3.05, 3.63) is 0 Å². The number of hydrazine groups is 1. The molecule has 0 aliphatic carbocycles. The number of nitrogens with two attached hydrogens (primary N) is 1. The summed E-state index contributed by atoms with van der Waals surface area (Å²) in [6, 6.07) is 0.818. The maximum absolute atomic E-state index is 5.38. The first-order chi connectivity index (χ1) is 9.63. The molecule has 1 atom stereocenters. The van der Waals surface area contributed by atoms with Crippen LogP contribution in [0.1, 0.15) is 19.8 Å². The third kappa shape index (κ3) is 3.45. The predicted molar refractivity (Wildman–Crippen MR) is 77.7 cm³/mol. The third-order valence-corrected chi connectivity index (χ3v) is 3.50. The Morgan fingerprint density at radius 3 is 2.85 bits per heavy atom. The highest BCUT2D eigenvalue weighted by Gasteiger charge is 2.23. The zero-order valence-corrected chi connectivity index (χ0v) is 12.3. The average Bonchev–Trinajstić information content (AvgIpc) is 2.84. The van der Waals surface area contributed by atoms with Crippen LogP contribution < -0.4 is 20.9 Å². The van der Waals surface area contributed by atoms with Gasteiger partial charge in [0.25, 0.3) is 0 Å². The van der Waals surface area contributed by atoms with Crippen LogP contribution in [0.3, 0.4) is 0 Å². The number of aromatic nitrogens is 3. The topological polar surface area (TPSA) is 92.4 Å². The molecule has 8 heteroatoms. The van der Waals surface area contributed by atoms with Gasteiger partial charge in [0, 0.05) is 19.6 Å². The van der Waals surface area contributed by atoms with Crippen molar-refractivity contribution in [2.75, 3.05) is 44.1 Å². The minimum Gasteiger partial charge on any atom is -0.464 e. The van der Waals surface area contributed by atoms with E-state index in [1.807, 2.05) is 18.9 Å². The molecule has 0 radical (unpaired) electrons. The van der Waals surface area contributed by atoms with Gasteiger partial charge in [-0.05, 0) is 33.4 Å². The summed E-state index contributed by atoms with van der Waals surface area (Å²) in [7, 11) is 4.12. The number of rotatable bonds is 6. The van der Waals surface area contributed by atoms with E-state index in [1.165, 1.54) is 12.8 Å².